The highest BCUT2D eigenvalue weighted by molar-refractivity contribution is 5.88. The summed E-state index contributed by atoms with van der Waals surface area (Å²) in [5, 5.41) is 10.2. The highest BCUT2D eigenvalue weighted by Gasteiger charge is 2.43. The lowest BCUT2D eigenvalue weighted by atomic mass is 9.77. The average molecular weight is 379 g/mol. The van der Waals surface area contributed by atoms with Gasteiger partial charge in [0.1, 0.15) is 11.6 Å². The minimum Gasteiger partial charge on any atom is -0.346 e. The Morgan fingerprint density at radius 3 is 2.79 bits per heavy atom. The van der Waals surface area contributed by atoms with Crippen LogP contribution in [0.4, 0.5) is 4.39 Å². The van der Waals surface area contributed by atoms with Crippen LogP contribution in [0.5, 0.6) is 0 Å². The van der Waals surface area contributed by atoms with Gasteiger partial charge in [0.05, 0.1) is 11.5 Å². The summed E-state index contributed by atoms with van der Waals surface area (Å²) >= 11 is 0. The zero-order valence-electron chi connectivity index (χ0n) is 15.7. The Balaban J connectivity index is 1.54. The van der Waals surface area contributed by atoms with Crippen molar-refractivity contribution in [3.63, 3.8) is 0 Å². The Morgan fingerprint density at radius 1 is 1.25 bits per heavy atom. The van der Waals surface area contributed by atoms with Crippen molar-refractivity contribution in [3.05, 3.63) is 66.0 Å². The molecule has 1 saturated carbocycles. The van der Waals surface area contributed by atoms with E-state index in [1.165, 1.54) is 12.1 Å². The van der Waals surface area contributed by atoms with Crippen molar-refractivity contribution >= 4 is 5.91 Å². The van der Waals surface area contributed by atoms with Gasteiger partial charge in [0.25, 0.3) is 0 Å². The second kappa shape index (κ2) is 7.50. The molecule has 0 aliphatic heterocycles. The first-order valence-corrected chi connectivity index (χ1v) is 9.48. The van der Waals surface area contributed by atoms with E-state index in [2.05, 4.69) is 25.5 Å². The fourth-order valence-electron chi connectivity index (χ4n) is 3.91. The summed E-state index contributed by atoms with van der Waals surface area (Å²) in [7, 11) is 0. The molecular formula is C21H22FN5O. The van der Waals surface area contributed by atoms with E-state index < -0.39 is 5.41 Å². The van der Waals surface area contributed by atoms with E-state index in [9.17, 15) is 9.18 Å². The van der Waals surface area contributed by atoms with Crippen LogP contribution in [-0.2, 0) is 10.2 Å². The van der Waals surface area contributed by atoms with Crippen molar-refractivity contribution in [1.29, 1.82) is 0 Å². The van der Waals surface area contributed by atoms with E-state index >= 15 is 0 Å². The zero-order chi connectivity index (χ0) is 19.6. The lowest BCUT2D eigenvalue weighted by Crippen LogP contribution is -2.43. The summed E-state index contributed by atoms with van der Waals surface area (Å²) in [5.41, 5.74) is 0.849. The summed E-state index contributed by atoms with van der Waals surface area (Å²) in [4.78, 5) is 21.8. The molecule has 1 amide bonds. The number of pyridine rings is 1. The number of amides is 1. The minimum absolute atomic E-state index is 0.0950. The monoisotopic (exact) mass is 379 g/mol. The van der Waals surface area contributed by atoms with Crippen LogP contribution < -0.4 is 5.32 Å². The number of nitrogens with zero attached hydrogens (tertiary/aromatic N) is 3. The lowest BCUT2D eigenvalue weighted by Gasteiger charge is -2.29. The molecule has 7 heteroatoms. The van der Waals surface area contributed by atoms with Gasteiger partial charge in [-0.1, -0.05) is 25.0 Å². The third kappa shape index (κ3) is 3.40. The van der Waals surface area contributed by atoms with Crippen molar-refractivity contribution in [3.8, 4) is 11.4 Å². The third-order valence-corrected chi connectivity index (χ3v) is 5.45. The molecular weight excluding hydrogens is 357 g/mol. The molecule has 1 atom stereocenters. The SMILES string of the molecule is C[C@H](NC(=O)C1(c2cccc(F)c2)CCCC1)c1nc(-c2cccnc2)n[nH]1. The normalized spacial score (nSPS) is 16.6. The largest absolute Gasteiger partial charge is 0.346 e. The van der Waals surface area contributed by atoms with Crippen LogP contribution in [0, 0.1) is 5.82 Å². The Labute approximate surface area is 162 Å². The smallest absolute Gasteiger partial charge is 0.231 e. The molecule has 4 rings (SSSR count). The van der Waals surface area contributed by atoms with E-state index in [4.69, 9.17) is 0 Å². The molecule has 1 fully saturated rings. The maximum Gasteiger partial charge on any atom is 0.231 e. The molecule has 0 bridgehead atoms. The van der Waals surface area contributed by atoms with Crippen LogP contribution in [0.1, 0.15) is 50.0 Å². The molecule has 0 spiro atoms. The van der Waals surface area contributed by atoms with E-state index in [0.717, 1.165) is 24.0 Å². The number of nitrogens with one attached hydrogen (secondary N) is 2. The second-order valence-corrected chi connectivity index (χ2v) is 7.28. The maximum atomic E-state index is 13.8. The highest BCUT2D eigenvalue weighted by Crippen LogP contribution is 2.42. The molecule has 3 aromatic rings. The van der Waals surface area contributed by atoms with Gasteiger partial charge >= 0.3 is 0 Å². The zero-order valence-corrected chi connectivity index (χ0v) is 15.7. The van der Waals surface area contributed by atoms with Crippen molar-refractivity contribution in [2.75, 3.05) is 0 Å². The molecule has 1 aliphatic carbocycles. The van der Waals surface area contributed by atoms with Crippen LogP contribution in [0.3, 0.4) is 0 Å². The lowest BCUT2D eigenvalue weighted by molar-refractivity contribution is -0.127. The number of carbonyl (C=O) groups excluding carboxylic acids is 1. The van der Waals surface area contributed by atoms with Crippen molar-refractivity contribution in [2.24, 2.45) is 0 Å². The van der Waals surface area contributed by atoms with Gasteiger partial charge in [-0.05, 0) is 49.6 Å². The molecule has 144 valence electrons. The number of H-pyrrole nitrogens is 1. The molecule has 0 saturated heterocycles. The maximum absolute atomic E-state index is 13.8. The van der Waals surface area contributed by atoms with Gasteiger partial charge in [0.15, 0.2) is 5.82 Å². The van der Waals surface area contributed by atoms with Crippen molar-refractivity contribution < 1.29 is 9.18 Å². The predicted octanol–water partition coefficient (Wildman–Crippen LogP) is 3.70. The van der Waals surface area contributed by atoms with E-state index in [-0.39, 0.29) is 17.8 Å². The summed E-state index contributed by atoms with van der Waals surface area (Å²) in [6, 6.07) is 9.73. The van der Waals surface area contributed by atoms with Gasteiger partial charge in [0.2, 0.25) is 5.91 Å². The number of benzene rings is 1. The van der Waals surface area contributed by atoms with E-state index in [1.54, 1.807) is 18.5 Å². The van der Waals surface area contributed by atoms with E-state index in [1.807, 2.05) is 25.1 Å². The standard InChI is InChI=1S/C21H22FN5O/c1-14(18-25-19(27-26-18)15-6-5-11-23-13-15)24-20(28)21(9-2-3-10-21)16-7-4-8-17(22)12-16/h4-8,11-14H,2-3,9-10H2,1H3,(H,24,28)(H,25,26,27)/t14-/m0/s1. The van der Waals surface area contributed by atoms with Gasteiger partial charge in [0, 0.05) is 18.0 Å². The Morgan fingerprint density at radius 2 is 2.07 bits per heavy atom. The summed E-state index contributed by atoms with van der Waals surface area (Å²) < 4.78 is 13.8. The molecule has 0 radical (unpaired) electrons. The van der Waals surface area contributed by atoms with Crippen molar-refractivity contribution in [2.45, 2.75) is 44.1 Å². The first-order valence-electron chi connectivity index (χ1n) is 9.48. The average Bonchev–Trinajstić information content (AvgIpc) is 3.39. The number of hydrogen-bond acceptors (Lipinski definition) is 4. The molecule has 6 nitrogen and oxygen atoms in total. The first kappa shape index (κ1) is 18.3. The Hall–Kier alpha value is -3.09. The molecule has 28 heavy (non-hydrogen) atoms. The minimum atomic E-state index is -0.692. The predicted molar refractivity (Wildman–Crippen MR) is 103 cm³/mol. The summed E-state index contributed by atoms with van der Waals surface area (Å²) in [5.74, 6) is 0.688. The Kier molecular flexibility index (Phi) is 4.90. The molecule has 1 aromatic carbocycles. The van der Waals surface area contributed by atoms with Crippen LogP contribution in [-0.4, -0.2) is 26.1 Å². The van der Waals surface area contributed by atoms with Gasteiger partial charge < -0.3 is 5.32 Å². The molecule has 0 unspecified atom stereocenters. The molecule has 2 N–H and O–H groups in total. The molecule has 2 aromatic heterocycles. The fraction of sp³-hybridized carbons (Fsp3) is 0.333. The first-order chi connectivity index (χ1) is 13.6. The number of halogens is 1. The molecule has 1 aliphatic rings. The number of aromatic nitrogens is 4. The Bertz CT molecular complexity index is 966. The topological polar surface area (TPSA) is 83.6 Å². The number of hydrogen-bond donors (Lipinski definition) is 2. The quantitative estimate of drug-likeness (QED) is 0.708. The summed E-state index contributed by atoms with van der Waals surface area (Å²) in [6.07, 6.45) is 6.71. The van der Waals surface area contributed by atoms with Gasteiger partial charge in [-0.15, -0.1) is 0 Å². The number of carbonyl (C=O) groups is 1. The second-order valence-electron chi connectivity index (χ2n) is 7.28. The van der Waals surface area contributed by atoms with Crippen molar-refractivity contribution in [1.82, 2.24) is 25.5 Å². The fourth-order valence-corrected chi connectivity index (χ4v) is 3.91. The van der Waals surface area contributed by atoms with E-state index in [0.29, 0.717) is 24.5 Å². The molecule has 2 heterocycles. The number of rotatable bonds is 5. The van der Waals surface area contributed by atoms with Gasteiger partial charge in [-0.2, -0.15) is 5.10 Å². The van der Waals surface area contributed by atoms with Gasteiger partial charge in [-0.3, -0.25) is 14.9 Å². The van der Waals surface area contributed by atoms with Crippen LogP contribution in [0.25, 0.3) is 11.4 Å². The third-order valence-electron chi connectivity index (χ3n) is 5.45. The van der Waals surface area contributed by atoms with Crippen LogP contribution in [0.2, 0.25) is 0 Å². The summed E-state index contributed by atoms with van der Waals surface area (Å²) in [6.45, 7) is 1.86. The van der Waals surface area contributed by atoms with Crippen LogP contribution in [0.15, 0.2) is 48.8 Å². The van der Waals surface area contributed by atoms with Gasteiger partial charge in [-0.25, -0.2) is 9.37 Å². The number of aromatic amines is 1. The highest BCUT2D eigenvalue weighted by atomic mass is 19.1. The van der Waals surface area contributed by atoms with Crippen LogP contribution >= 0.6 is 0 Å².